The minimum absolute atomic E-state index is 0.00248. The van der Waals surface area contributed by atoms with Crippen LogP contribution in [0.5, 0.6) is 11.5 Å². The molecule has 5 N–H and O–H groups in total. The van der Waals surface area contributed by atoms with Crippen LogP contribution in [0.4, 0.5) is 0 Å². The summed E-state index contributed by atoms with van der Waals surface area (Å²) >= 11 is 0. The number of nitrogens with one attached hydrogen (secondary N) is 1. The Hall–Kier alpha value is -1.30. The molecule has 0 amide bonds. The minimum atomic E-state index is -0.746. The molecule has 0 heterocycles. The van der Waals surface area contributed by atoms with Crippen LogP contribution in [0.2, 0.25) is 0 Å². The van der Waals surface area contributed by atoms with E-state index in [0.717, 1.165) is 0 Å². The van der Waals surface area contributed by atoms with E-state index >= 15 is 0 Å². The zero-order valence-electron chi connectivity index (χ0n) is 9.85. The van der Waals surface area contributed by atoms with Gasteiger partial charge in [0.2, 0.25) is 0 Å². The van der Waals surface area contributed by atoms with Gasteiger partial charge in [-0.25, -0.2) is 0 Å². The van der Waals surface area contributed by atoms with Gasteiger partial charge in [-0.05, 0) is 12.5 Å². The number of benzene rings is 1. The molecule has 1 rings (SSSR count). The van der Waals surface area contributed by atoms with E-state index in [2.05, 4.69) is 5.32 Å². The first-order chi connectivity index (χ1) is 8.06. The first-order valence-electron chi connectivity index (χ1n) is 5.54. The van der Waals surface area contributed by atoms with Crippen molar-refractivity contribution in [2.75, 3.05) is 13.2 Å². The standard InChI is InChI=1S/C12H19NO4/c1-2-12(7-14,8-15)13-6-9-3-4-10(16)5-11(9)17/h3-5,13-17H,2,6-8H2,1H3. The molecule has 0 fully saturated rings. The third kappa shape index (κ3) is 3.33. The average molecular weight is 241 g/mol. The monoisotopic (exact) mass is 241 g/mol. The van der Waals surface area contributed by atoms with E-state index in [1.165, 1.54) is 12.1 Å². The smallest absolute Gasteiger partial charge is 0.123 e. The summed E-state index contributed by atoms with van der Waals surface area (Å²) in [6.07, 6.45) is 0.568. The quantitative estimate of drug-likeness (QED) is 0.494. The molecule has 0 aliphatic heterocycles. The summed E-state index contributed by atoms with van der Waals surface area (Å²) in [6.45, 7) is 1.80. The summed E-state index contributed by atoms with van der Waals surface area (Å²) in [5, 5.41) is 40.2. The topological polar surface area (TPSA) is 93.0 Å². The van der Waals surface area contributed by atoms with Gasteiger partial charge in [0.05, 0.1) is 18.8 Å². The van der Waals surface area contributed by atoms with Crippen molar-refractivity contribution >= 4 is 0 Å². The third-order valence-corrected chi connectivity index (χ3v) is 3.00. The predicted octanol–water partition coefficient (Wildman–Crippen LogP) is 0.321. The molecular weight excluding hydrogens is 222 g/mol. The number of hydrogen-bond donors (Lipinski definition) is 5. The zero-order valence-corrected chi connectivity index (χ0v) is 9.85. The molecule has 0 radical (unpaired) electrons. The summed E-state index contributed by atoms with van der Waals surface area (Å²) in [6, 6.07) is 4.32. The van der Waals surface area contributed by atoms with Gasteiger partial charge in [0, 0.05) is 18.2 Å². The van der Waals surface area contributed by atoms with Crippen LogP contribution in [0.15, 0.2) is 18.2 Å². The highest BCUT2D eigenvalue weighted by molar-refractivity contribution is 5.38. The second kappa shape index (κ2) is 5.86. The molecule has 0 aromatic heterocycles. The molecular formula is C12H19NO4. The molecule has 17 heavy (non-hydrogen) atoms. The Morgan fingerprint density at radius 1 is 1.18 bits per heavy atom. The summed E-state index contributed by atoms with van der Waals surface area (Å²) in [5.74, 6) is -0.0179. The summed E-state index contributed by atoms with van der Waals surface area (Å²) < 4.78 is 0. The van der Waals surface area contributed by atoms with E-state index in [0.29, 0.717) is 18.5 Å². The zero-order chi connectivity index (χ0) is 12.9. The Morgan fingerprint density at radius 2 is 1.82 bits per heavy atom. The lowest BCUT2D eigenvalue weighted by Crippen LogP contribution is -2.50. The van der Waals surface area contributed by atoms with Gasteiger partial charge in [0.15, 0.2) is 0 Å². The summed E-state index contributed by atoms with van der Waals surface area (Å²) in [7, 11) is 0. The van der Waals surface area contributed by atoms with Crippen LogP contribution in [-0.4, -0.2) is 39.2 Å². The lowest BCUT2D eigenvalue weighted by Gasteiger charge is -2.30. The Morgan fingerprint density at radius 3 is 2.29 bits per heavy atom. The van der Waals surface area contributed by atoms with Crippen LogP contribution < -0.4 is 5.32 Å². The first kappa shape index (κ1) is 13.8. The maximum atomic E-state index is 9.58. The molecule has 0 bridgehead atoms. The van der Waals surface area contributed by atoms with Crippen LogP contribution in [0, 0.1) is 0 Å². The summed E-state index contributed by atoms with van der Waals surface area (Å²) in [4.78, 5) is 0. The molecule has 96 valence electrons. The van der Waals surface area contributed by atoms with Crippen molar-refractivity contribution in [2.45, 2.75) is 25.4 Å². The van der Waals surface area contributed by atoms with Gasteiger partial charge in [-0.2, -0.15) is 0 Å². The second-order valence-electron chi connectivity index (χ2n) is 4.12. The minimum Gasteiger partial charge on any atom is -0.508 e. The van der Waals surface area contributed by atoms with Crippen LogP contribution in [0.25, 0.3) is 0 Å². The van der Waals surface area contributed by atoms with Gasteiger partial charge in [-0.15, -0.1) is 0 Å². The van der Waals surface area contributed by atoms with Crippen LogP contribution in [0.1, 0.15) is 18.9 Å². The Kier molecular flexibility index (Phi) is 4.74. The van der Waals surface area contributed by atoms with Crippen molar-refractivity contribution in [3.05, 3.63) is 23.8 Å². The Bertz CT molecular complexity index is 355. The molecule has 1 aromatic rings. The van der Waals surface area contributed by atoms with Crippen molar-refractivity contribution < 1.29 is 20.4 Å². The number of rotatable bonds is 6. The lowest BCUT2D eigenvalue weighted by atomic mass is 9.98. The normalized spacial score (nSPS) is 11.7. The maximum Gasteiger partial charge on any atom is 0.123 e. The molecule has 5 nitrogen and oxygen atoms in total. The van der Waals surface area contributed by atoms with Gasteiger partial charge in [-0.1, -0.05) is 13.0 Å². The fraction of sp³-hybridized carbons (Fsp3) is 0.500. The molecule has 0 aliphatic rings. The highest BCUT2D eigenvalue weighted by Gasteiger charge is 2.25. The molecule has 0 aliphatic carbocycles. The van der Waals surface area contributed by atoms with Crippen molar-refractivity contribution in [3.8, 4) is 11.5 Å². The average Bonchev–Trinajstić information content (AvgIpc) is 2.33. The largest absolute Gasteiger partial charge is 0.508 e. The van der Waals surface area contributed by atoms with Gasteiger partial charge in [-0.3, -0.25) is 0 Å². The summed E-state index contributed by atoms with van der Waals surface area (Å²) in [5.41, 5.74) is -0.146. The second-order valence-corrected chi connectivity index (χ2v) is 4.12. The molecule has 1 aromatic carbocycles. The van der Waals surface area contributed by atoms with Gasteiger partial charge >= 0.3 is 0 Å². The molecule has 0 saturated heterocycles. The fourth-order valence-electron chi connectivity index (χ4n) is 1.49. The van der Waals surface area contributed by atoms with Crippen molar-refractivity contribution in [2.24, 2.45) is 0 Å². The first-order valence-corrected chi connectivity index (χ1v) is 5.54. The van der Waals surface area contributed by atoms with Crippen LogP contribution in [-0.2, 0) is 6.54 Å². The van der Waals surface area contributed by atoms with E-state index in [4.69, 9.17) is 5.11 Å². The lowest BCUT2D eigenvalue weighted by molar-refractivity contribution is 0.0862. The van der Waals surface area contributed by atoms with Gasteiger partial charge < -0.3 is 25.7 Å². The highest BCUT2D eigenvalue weighted by Crippen LogP contribution is 2.23. The predicted molar refractivity (Wildman–Crippen MR) is 63.8 cm³/mol. The number of hydrogen-bond acceptors (Lipinski definition) is 5. The molecule has 0 saturated carbocycles. The Labute approximate surface area is 100 Å². The van der Waals surface area contributed by atoms with Crippen LogP contribution >= 0.6 is 0 Å². The van der Waals surface area contributed by atoms with Gasteiger partial charge in [0.25, 0.3) is 0 Å². The number of phenolic OH excluding ortho intramolecular Hbond substituents is 2. The van der Waals surface area contributed by atoms with Crippen LogP contribution in [0.3, 0.4) is 0 Å². The van der Waals surface area contributed by atoms with E-state index in [9.17, 15) is 15.3 Å². The van der Waals surface area contributed by atoms with E-state index in [1.807, 2.05) is 6.92 Å². The number of aliphatic hydroxyl groups excluding tert-OH is 2. The number of phenols is 2. The fourth-order valence-corrected chi connectivity index (χ4v) is 1.49. The molecule has 0 unspecified atom stereocenters. The maximum absolute atomic E-state index is 9.58. The van der Waals surface area contributed by atoms with E-state index < -0.39 is 5.54 Å². The van der Waals surface area contributed by atoms with Gasteiger partial charge in [0.1, 0.15) is 11.5 Å². The third-order valence-electron chi connectivity index (χ3n) is 3.00. The highest BCUT2D eigenvalue weighted by atomic mass is 16.3. The number of aliphatic hydroxyl groups is 2. The Balaban J connectivity index is 2.72. The molecule has 5 heteroatoms. The number of aromatic hydroxyl groups is 2. The van der Waals surface area contributed by atoms with E-state index in [-0.39, 0.29) is 24.7 Å². The van der Waals surface area contributed by atoms with Crippen molar-refractivity contribution in [1.29, 1.82) is 0 Å². The SMILES string of the molecule is CCC(CO)(CO)NCc1ccc(O)cc1O. The van der Waals surface area contributed by atoms with Crippen molar-refractivity contribution in [3.63, 3.8) is 0 Å². The molecule has 0 spiro atoms. The van der Waals surface area contributed by atoms with Crippen molar-refractivity contribution in [1.82, 2.24) is 5.32 Å². The van der Waals surface area contributed by atoms with E-state index in [1.54, 1.807) is 6.07 Å². The molecule has 0 atom stereocenters.